The molecule has 5 heteroatoms. The van der Waals surface area contributed by atoms with Crippen molar-refractivity contribution in [3.05, 3.63) is 22.9 Å². The summed E-state index contributed by atoms with van der Waals surface area (Å²) in [5.41, 5.74) is -0.0865. The van der Waals surface area contributed by atoms with Crippen molar-refractivity contribution in [3.8, 4) is 0 Å². The van der Waals surface area contributed by atoms with Crippen molar-refractivity contribution in [1.29, 1.82) is 0 Å². The molecule has 0 bridgehead atoms. The molecule has 0 spiro atoms. The Bertz CT molecular complexity index is 376. The molecule has 1 rings (SSSR count). The molecule has 0 aliphatic heterocycles. The Morgan fingerprint density at radius 3 is 2.50 bits per heavy atom. The van der Waals surface area contributed by atoms with Gasteiger partial charge >= 0.3 is 5.69 Å². The van der Waals surface area contributed by atoms with E-state index in [1.807, 2.05) is 0 Å². The van der Waals surface area contributed by atoms with Gasteiger partial charge in [-0.15, -0.1) is 0 Å². The number of rotatable bonds is 3. The first-order chi connectivity index (χ1) is 6.52. The predicted molar refractivity (Wildman–Crippen MR) is 53.0 cm³/mol. The summed E-state index contributed by atoms with van der Waals surface area (Å²) >= 11 is 0. The SMILES string of the molecule is CN(C)C(=O)CCn1ccn(C)c1=O. The van der Waals surface area contributed by atoms with Crippen LogP contribution >= 0.6 is 0 Å². The normalized spacial score (nSPS) is 10.2. The lowest BCUT2D eigenvalue weighted by molar-refractivity contribution is -0.128. The van der Waals surface area contributed by atoms with E-state index in [0.717, 1.165) is 0 Å². The Morgan fingerprint density at radius 1 is 1.43 bits per heavy atom. The van der Waals surface area contributed by atoms with Crippen LogP contribution in [-0.2, 0) is 18.4 Å². The standard InChI is InChI=1S/C9H15N3O2/c1-10(2)8(13)4-5-12-7-6-11(3)9(12)14/h6-7H,4-5H2,1-3H3. The van der Waals surface area contributed by atoms with Gasteiger partial charge in [-0.2, -0.15) is 0 Å². The van der Waals surface area contributed by atoms with Gasteiger partial charge in [0.05, 0.1) is 0 Å². The van der Waals surface area contributed by atoms with Crippen LogP contribution in [0.15, 0.2) is 17.2 Å². The summed E-state index contributed by atoms with van der Waals surface area (Å²) in [7, 11) is 5.10. The molecule has 0 radical (unpaired) electrons. The molecule has 1 aromatic rings. The first-order valence-electron chi connectivity index (χ1n) is 4.44. The number of carbonyl (C=O) groups is 1. The molecule has 0 aliphatic carbocycles. The van der Waals surface area contributed by atoms with E-state index in [2.05, 4.69) is 0 Å². The maximum absolute atomic E-state index is 11.4. The van der Waals surface area contributed by atoms with Crippen molar-refractivity contribution in [2.24, 2.45) is 7.05 Å². The number of hydrogen-bond donors (Lipinski definition) is 0. The van der Waals surface area contributed by atoms with Crippen LogP contribution in [0.4, 0.5) is 0 Å². The molecule has 0 unspecified atom stereocenters. The van der Waals surface area contributed by atoms with Crippen LogP contribution in [-0.4, -0.2) is 34.0 Å². The highest BCUT2D eigenvalue weighted by atomic mass is 16.2. The molecule has 5 nitrogen and oxygen atoms in total. The van der Waals surface area contributed by atoms with E-state index in [9.17, 15) is 9.59 Å². The number of hydrogen-bond acceptors (Lipinski definition) is 2. The fourth-order valence-electron chi connectivity index (χ4n) is 1.12. The maximum Gasteiger partial charge on any atom is 0.327 e. The van der Waals surface area contributed by atoms with Crippen LogP contribution in [0.5, 0.6) is 0 Å². The van der Waals surface area contributed by atoms with Gasteiger partial charge in [0.15, 0.2) is 0 Å². The van der Waals surface area contributed by atoms with Gasteiger partial charge < -0.3 is 9.47 Å². The van der Waals surface area contributed by atoms with Crippen LogP contribution in [0.25, 0.3) is 0 Å². The third kappa shape index (κ3) is 2.25. The summed E-state index contributed by atoms with van der Waals surface area (Å²) in [5.74, 6) is 0.0285. The van der Waals surface area contributed by atoms with E-state index in [0.29, 0.717) is 13.0 Å². The molecule has 0 atom stereocenters. The van der Waals surface area contributed by atoms with Gasteiger partial charge in [-0.3, -0.25) is 9.36 Å². The van der Waals surface area contributed by atoms with Crippen molar-refractivity contribution in [2.75, 3.05) is 14.1 Å². The van der Waals surface area contributed by atoms with E-state index in [4.69, 9.17) is 0 Å². The zero-order chi connectivity index (χ0) is 10.7. The number of aromatic nitrogens is 2. The summed E-state index contributed by atoms with van der Waals surface area (Å²) in [4.78, 5) is 24.1. The fraction of sp³-hybridized carbons (Fsp3) is 0.556. The molecule has 0 aromatic carbocycles. The van der Waals surface area contributed by atoms with Crippen molar-refractivity contribution >= 4 is 5.91 Å². The average molecular weight is 197 g/mol. The van der Waals surface area contributed by atoms with E-state index in [1.165, 1.54) is 14.0 Å². The molecule has 1 heterocycles. The maximum atomic E-state index is 11.4. The highest BCUT2D eigenvalue weighted by Crippen LogP contribution is 1.91. The first kappa shape index (κ1) is 10.6. The number of aryl methyl sites for hydroxylation is 2. The Labute approximate surface area is 82.6 Å². The lowest BCUT2D eigenvalue weighted by Crippen LogP contribution is -2.27. The molecule has 0 N–H and O–H groups in total. The topological polar surface area (TPSA) is 47.2 Å². The fourth-order valence-corrected chi connectivity index (χ4v) is 1.12. The number of carbonyl (C=O) groups excluding carboxylic acids is 1. The minimum absolute atomic E-state index is 0.0285. The molecular weight excluding hydrogens is 182 g/mol. The van der Waals surface area contributed by atoms with E-state index in [-0.39, 0.29) is 11.6 Å². The van der Waals surface area contributed by atoms with Crippen LogP contribution in [0.3, 0.4) is 0 Å². The second kappa shape index (κ2) is 4.13. The van der Waals surface area contributed by atoms with Crippen LogP contribution < -0.4 is 5.69 Å². The highest BCUT2D eigenvalue weighted by molar-refractivity contribution is 5.75. The highest BCUT2D eigenvalue weighted by Gasteiger charge is 2.05. The van der Waals surface area contributed by atoms with E-state index in [1.54, 1.807) is 33.5 Å². The van der Waals surface area contributed by atoms with Crippen molar-refractivity contribution in [2.45, 2.75) is 13.0 Å². The quantitative estimate of drug-likeness (QED) is 0.666. The summed E-state index contributed by atoms with van der Waals surface area (Å²) in [5, 5.41) is 0. The lowest BCUT2D eigenvalue weighted by Gasteiger charge is -2.09. The Hall–Kier alpha value is -1.52. The molecular formula is C9H15N3O2. The predicted octanol–water partition coefficient (Wildman–Crippen LogP) is -0.335. The molecule has 1 amide bonds. The van der Waals surface area contributed by atoms with Crippen molar-refractivity contribution in [3.63, 3.8) is 0 Å². The molecule has 0 aliphatic rings. The van der Waals surface area contributed by atoms with Crippen molar-refractivity contribution in [1.82, 2.24) is 14.0 Å². The number of amides is 1. The van der Waals surface area contributed by atoms with Gasteiger partial charge in [-0.05, 0) is 0 Å². The third-order valence-corrected chi connectivity index (χ3v) is 2.08. The van der Waals surface area contributed by atoms with Crippen molar-refractivity contribution < 1.29 is 4.79 Å². The molecule has 1 aromatic heterocycles. The lowest BCUT2D eigenvalue weighted by atomic mass is 10.4. The second-order valence-electron chi connectivity index (χ2n) is 3.42. The smallest absolute Gasteiger partial charge is 0.327 e. The van der Waals surface area contributed by atoms with Gasteiger partial charge in [0, 0.05) is 46.5 Å². The van der Waals surface area contributed by atoms with E-state index >= 15 is 0 Å². The zero-order valence-corrected chi connectivity index (χ0v) is 8.73. The van der Waals surface area contributed by atoms with Crippen LogP contribution in [0.1, 0.15) is 6.42 Å². The number of imidazole rings is 1. The minimum Gasteiger partial charge on any atom is -0.349 e. The Kier molecular flexibility index (Phi) is 3.11. The molecule has 0 fully saturated rings. The van der Waals surface area contributed by atoms with E-state index < -0.39 is 0 Å². The zero-order valence-electron chi connectivity index (χ0n) is 8.73. The monoisotopic (exact) mass is 197 g/mol. The molecule has 78 valence electrons. The minimum atomic E-state index is -0.0865. The summed E-state index contributed by atoms with van der Waals surface area (Å²) in [6.45, 7) is 0.441. The molecule has 0 saturated carbocycles. The Balaban J connectivity index is 2.59. The van der Waals surface area contributed by atoms with Crippen LogP contribution in [0.2, 0.25) is 0 Å². The Morgan fingerprint density at radius 2 is 2.07 bits per heavy atom. The summed E-state index contributed by atoms with van der Waals surface area (Å²) in [6.07, 6.45) is 3.73. The van der Waals surface area contributed by atoms with Gasteiger partial charge in [-0.25, -0.2) is 4.79 Å². The molecule has 14 heavy (non-hydrogen) atoms. The largest absolute Gasteiger partial charge is 0.349 e. The van der Waals surface area contributed by atoms with Crippen LogP contribution in [0, 0.1) is 0 Å². The van der Waals surface area contributed by atoms with Gasteiger partial charge in [-0.1, -0.05) is 0 Å². The van der Waals surface area contributed by atoms with Gasteiger partial charge in [0.1, 0.15) is 0 Å². The average Bonchev–Trinajstić information content (AvgIpc) is 2.44. The first-order valence-corrected chi connectivity index (χ1v) is 4.44. The molecule has 0 saturated heterocycles. The van der Waals surface area contributed by atoms with Gasteiger partial charge in [0.2, 0.25) is 5.91 Å². The number of nitrogens with zero attached hydrogens (tertiary/aromatic N) is 3. The second-order valence-corrected chi connectivity index (χ2v) is 3.42. The van der Waals surface area contributed by atoms with Gasteiger partial charge in [0.25, 0.3) is 0 Å². The third-order valence-electron chi connectivity index (χ3n) is 2.08. The summed E-state index contributed by atoms with van der Waals surface area (Å²) in [6, 6.07) is 0. The summed E-state index contributed by atoms with van der Waals surface area (Å²) < 4.78 is 3.02.